The summed E-state index contributed by atoms with van der Waals surface area (Å²) in [7, 11) is 1.33. The molecule has 2 rings (SSSR count). The van der Waals surface area contributed by atoms with Crippen LogP contribution in [-0.4, -0.2) is 71.0 Å². The van der Waals surface area contributed by atoms with E-state index in [0.717, 1.165) is 0 Å². The van der Waals surface area contributed by atoms with E-state index in [1.54, 1.807) is 29.2 Å². The predicted octanol–water partition coefficient (Wildman–Crippen LogP) is 2.20. The van der Waals surface area contributed by atoms with Crippen molar-refractivity contribution >= 4 is 46.1 Å². The van der Waals surface area contributed by atoms with E-state index < -0.39 is 6.09 Å². The summed E-state index contributed by atoms with van der Waals surface area (Å²) in [5, 5.41) is 0. The fourth-order valence-electron chi connectivity index (χ4n) is 2.35. The Morgan fingerprint density at radius 2 is 1.73 bits per heavy atom. The van der Waals surface area contributed by atoms with Gasteiger partial charge in [0.2, 0.25) is 0 Å². The van der Waals surface area contributed by atoms with E-state index in [4.69, 9.17) is 17.0 Å². The van der Waals surface area contributed by atoms with E-state index >= 15 is 0 Å². The van der Waals surface area contributed by atoms with E-state index in [-0.39, 0.29) is 23.3 Å². The number of carbonyl (C=O) groups is 3. The molecule has 1 aromatic carbocycles. The number of rotatable bonds is 4. The van der Waals surface area contributed by atoms with Gasteiger partial charge in [0.25, 0.3) is 0 Å². The highest BCUT2D eigenvalue weighted by Gasteiger charge is 2.25. The Morgan fingerprint density at radius 3 is 2.35 bits per heavy atom. The Labute approximate surface area is 161 Å². The number of Topliss-reactive ketones (excluding diaryl/α,β-unsaturated/α-hetero) is 1. The molecular formula is C17H20N2O5S2. The fraction of sp³-hybridized carbons (Fsp3) is 0.412. The largest absolute Gasteiger partial charge is 0.468 e. The Balaban J connectivity index is 1.86. The summed E-state index contributed by atoms with van der Waals surface area (Å²) < 4.78 is 10.6. The zero-order valence-corrected chi connectivity index (χ0v) is 16.2. The molecule has 0 aliphatic carbocycles. The summed E-state index contributed by atoms with van der Waals surface area (Å²) >= 11 is 6.55. The Hall–Kier alpha value is -2.13. The molecule has 1 fully saturated rings. The third kappa shape index (κ3) is 5.43. The number of amides is 1. The molecule has 1 aliphatic rings. The van der Waals surface area contributed by atoms with Gasteiger partial charge in [-0.2, -0.15) is 0 Å². The number of hydrogen-bond donors (Lipinski definition) is 0. The van der Waals surface area contributed by atoms with Gasteiger partial charge in [0.05, 0.1) is 18.4 Å². The normalized spacial score (nSPS) is 13.9. The maximum atomic E-state index is 12.3. The number of ether oxygens (including phenoxy) is 2. The number of benzene rings is 1. The summed E-state index contributed by atoms with van der Waals surface area (Å²) in [5.74, 6) is -0.0640. The summed E-state index contributed by atoms with van der Waals surface area (Å²) in [6.07, 6.45) is -0.494. The number of nitrogens with zero attached hydrogens (tertiary/aromatic N) is 2. The minimum absolute atomic E-state index is 0.161. The average Bonchev–Trinajstić information content (AvgIpc) is 2.66. The van der Waals surface area contributed by atoms with Gasteiger partial charge in [-0.25, -0.2) is 4.79 Å². The number of thioether (sulfide) groups is 1. The van der Waals surface area contributed by atoms with Crippen molar-refractivity contribution in [3.8, 4) is 5.75 Å². The van der Waals surface area contributed by atoms with Crippen LogP contribution in [0.4, 0.5) is 4.79 Å². The number of esters is 1. The van der Waals surface area contributed by atoms with Crippen LogP contribution in [0.15, 0.2) is 24.3 Å². The Bertz CT molecular complexity index is 702. The molecule has 0 radical (unpaired) electrons. The average molecular weight is 396 g/mol. The van der Waals surface area contributed by atoms with Crippen LogP contribution in [0, 0.1) is 0 Å². The van der Waals surface area contributed by atoms with Gasteiger partial charge in [-0.15, -0.1) is 0 Å². The highest BCUT2D eigenvalue weighted by atomic mass is 32.2. The van der Waals surface area contributed by atoms with Crippen molar-refractivity contribution in [3.05, 3.63) is 29.8 Å². The smallest absolute Gasteiger partial charge is 0.415 e. The number of methoxy groups -OCH3 is 1. The van der Waals surface area contributed by atoms with Gasteiger partial charge in [0, 0.05) is 26.2 Å². The maximum Gasteiger partial charge on any atom is 0.415 e. The monoisotopic (exact) mass is 396 g/mol. The molecule has 1 aliphatic heterocycles. The molecule has 1 heterocycles. The summed E-state index contributed by atoms with van der Waals surface area (Å²) in [6, 6.07) is 6.66. The highest BCUT2D eigenvalue weighted by Crippen LogP contribution is 2.20. The fourth-order valence-corrected chi connectivity index (χ4v) is 3.43. The quantitative estimate of drug-likeness (QED) is 0.436. The molecule has 0 N–H and O–H groups in total. The molecule has 1 aromatic rings. The standard InChI is InChI=1S/C17H20N2O5S2/c1-12(20)13-5-3-4-6-14(13)24-16(22)18-7-9-19(10-8-18)17(25)26-11-15(21)23-2/h3-6H,7-11H2,1-2H3. The van der Waals surface area contributed by atoms with Crippen LogP contribution in [0.3, 0.4) is 0 Å². The van der Waals surface area contributed by atoms with E-state index in [1.807, 2.05) is 4.90 Å². The van der Waals surface area contributed by atoms with Crippen LogP contribution >= 0.6 is 24.0 Å². The molecule has 26 heavy (non-hydrogen) atoms. The molecule has 0 saturated carbocycles. The second-order valence-corrected chi connectivity index (χ2v) is 7.13. The van der Waals surface area contributed by atoms with Crippen molar-refractivity contribution in [1.29, 1.82) is 0 Å². The van der Waals surface area contributed by atoms with Gasteiger partial charge in [0.15, 0.2) is 5.78 Å². The zero-order chi connectivity index (χ0) is 19.1. The van der Waals surface area contributed by atoms with Crippen molar-refractivity contribution in [2.45, 2.75) is 6.92 Å². The first-order valence-corrected chi connectivity index (χ1v) is 9.37. The Morgan fingerprint density at radius 1 is 1.12 bits per heavy atom. The lowest BCUT2D eigenvalue weighted by molar-refractivity contribution is -0.137. The SMILES string of the molecule is COC(=O)CSC(=S)N1CCN(C(=O)Oc2ccccc2C(C)=O)CC1. The summed E-state index contributed by atoms with van der Waals surface area (Å²) in [5.41, 5.74) is 0.375. The third-order valence-electron chi connectivity index (χ3n) is 3.80. The van der Waals surface area contributed by atoms with E-state index in [9.17, 15) is 14.4 Å². The van der Waals surface area contributed by atoms with Gasteiger partial charge in [0.1, 0.15) is 10.1 Å². The number of ketones is 1. The molecule has 140 valence electrons. The first-order chi connectivity index (χ1) is 12.4. The lowest BCUT2D eigenvalue weighted by Crippen LogP contribution is -2.50. The van der Waals surface area contributed by atoms with Crippen molar-refractivity contribution in [3.63, 3.8) is 0 Å². The van der Waals surface area contributed by atoms with E-state index in [2.05, 4.69) is 4.74 Å². The molecule has 0 bridgehead atoms. The molecule has 1 saturated heterocycles. The molecule has 9 heteroatoms. The van der Waals surface area contributed by atoms with Crippen molar-refractivity contribution < 1.29 is 23.9 Å². The number of piperazine rings is 1. The second kappa shape index (κ2) is 9.54. The molecule has 7 nitrogen and oxygen atoms in total. The number of thiocarbonyl (C=S) groups is 1. The topological polar surface area (TPSA) is 76.2 Å². The predicted molar refractivity (Wildman–Crippen MR) is 103 cm³/mol. The molecule has 0 aromatic heterocycles. The zero-order valence-electron chi connectivity index (χ0n) is 14.6. The first-order valence-electron chi connectivity index (χ1n) is 7.97. The van der Waals surface area contributed by atoms with Crippen LogP contribution in [0.2, 0.25) is 0 Å². The van der Waals surface area contributed by atoms with Gasteiger partial charge in [-0.1, -0.05) is 36.1 Å². The lowest BCUT2D eigenvalue weighted by Gasteiger charge is -2.35. The summed E-state index contributed by atoms with van der Waals surface area (Å²) in [4.78, 5) is 38.6. The lowest BCUT2D eigenvalue weighted by atomic mass is 10.1. The number of carbonyl (C=O) groups excluding carboxylic acids is 3. The molecule has 0 unspecified atom stereocenters. The van der Waals surface area contributed by atoms with Gasteiger partial charge >= 0.3 is 12.1 Å². The molecular weight excluding hydrogens is 376 g/mol. The molecule has 1 amide bonds. The Kier molecular flexibility index (Phi) is 7.40. The van der Waals surface area contributed by atoms with Gasteiger partial charge in [-0.05, 0) is 19.1 Å². The van der Waals surface area contributed by atoms with Crippen molar-refractivity contribution in [1.82, 2.24) is 9.80 Å². The van der Waals surface area contributed by atoms with Crippen molar-refractivity contribution in [2.24, 2.45) is 0 Å². The van der Waals surface area contributed by atoms with Crippen LogP contribution in [0.25, 0.3) is 0 Å². The van der Waals surface area contributed by atoms with Crippen LogP contribution in [0.1, 0.15) is 17.3 Å². The van der Waals surface area contributed by atoms with E-state index in [1.165, 1.54) is 25.8 Å². The second-order valence-electron chi connectivity index (χ2n) is 5.53. The van der Waals surface area contributed by atoms with Crippen LogP contribution < -0.4 is 4.74 Å². The first kappa shape index (κ1) is 20.2. The van der Waals surface area contributed by atoms with Crippen molar-refractivity contribution in [2.75, 3.05) is 39.0 Å². The number of para-hydroxylation sites is 1. The van der Waals surface area contributed by atoms with E-state index in [0.29, 0.717) is 36.1 Å². The number of hydrogen-bond acceptors (Lipinski definition) is 7. The minimum Gasteiger partial charge on any atom is -0.468 e. The van der Waals surface area contributed by atoms with Gasteiger partial charge < -0.3 is 19.3 Å². The molecule has 0 spiro atoms. The summed E-state index contributed by atoms with van der Waals surface area (Å²) in [6.45, 7) is 3.42. The maximum absolute atomic E-state index is 12.3. The van der Waals surface area contributed by atoms with Crippen LogP contribution in [-0.2, 0) is 9.53 Å². The van der Waals surface area contributed by atoms with Gasteiger partial charge in [-0.3, -0.25) is 9.59 Å². The minimum atomic E-state index is -0.494. The van der Waals surface area contributed by atoms with Crippen LogP contribution in [0.5, 0.6) is 5.75 Å². The highest BCUT2D eigenvalue weighted by molar-refractivity contribution is 8.23. The molecule has 0 atom stereocenters. The third-order valence-corrected chi connectivity index (χ3v) is 5.30.